The molecule has 4 nitrogen and oxygen atoms in total. The number of anilines is 1. The Hall–Kier alpha value is -2.32. The standard InChI is InChI=1S/C22H23BrN2O2/c1-14-9-15(2)20(23)12-18(14)10-16-3-4-21(19(11-16)13-24)25-7-5-17(6-8-25)22(26)27/h3-4,9,11-12,17H,5-8,10H2,1-2H3,(H,26,27). The first kappa shape index (κ1) is 19.4. The number of aryl methyl sites for hydroxylation is 2. The Morgan fingerprint density at radius 1 is 1.22 bits per heavy atom. The number of aliphatic carboxylic acids is 1. The molecule has 0 amide bonds. The second-order valence-electron chi connectivity index (χ2n) is 7.27. The Bertz CT molecular complexity index is 909. The van der Waals surface area contributed by atoms with E-state index in [-0.39, 0.29) is 5.92 Å². The van der Waals surface area contributed by atoms with E-state index in [9.17, 15) is 10.1 Å². The number of hydrogen-bond acceptors (Lipinski definition) is 3. The third kappa shape index (κ3) is 4.33. The number of carboxylic acid groups (broad SMARTS) is 1. The minimum atomic E-state index is -0.717. The summed E-state index contributed by atoms with van der Waals surface area (Å²) in [6.45, 7) is 5.54. The van der Waals surface area contributed by atoms with E-state index in [0.717, 1.165) is 22.1 Å². The summed E-state index contributed by atoms with van der Waals surface area (Å²) in [5.74, 6) is -0.987. The molecule has 27 heavy (non-hydrogen) atoms. The first-order valence-electron chi connectivity index (χ1n) is 9.15. The van der Waals surface area contributed by atoms with Gasteiger partial charge in [-0.2, -0.15) is 5.26 Å². The van der Waals surface area contributed by atoms with E-state index in [0.29, 0.717) is 31.5 Å². The van der Waals surface area contributed by atoms with Crippen LogP contribution in [0.3, 0.4) is 0 Å². The van der Waals surface area contributed by atoms with E-state index >= 15 is 0 Å². The van der Waals surface area contributed by atoms with E-state index in [1.807, 2.05) is 12.1 Å². The monoisotopic (exact) mass is 426 g/mol. The van der Waals surface area contributed by atoms with Crippen molar-refractivity contribution in [3.05, 3.63) is 62.6 Å². The third-order valence-electron chi connectivity index (χ3n) is 5.38. The van der Waals surface area contributed by atoms with Gasteiger partial charge in [0.2, 0.25) is 0 Å². The Kier molecular flexibility index (Phi) is 5.86. The molecule has 1 heterocycles. The first-order chi connectivity index (χ1) is 12.9. The molecule has 1 saturated heterocycles. The molecule has 5 heteroatoms. The van der Waals surface area contributed by atoms with E-state index in [2.05, 4.69) is 58.9 Å². The Balaban J connectivity index is 1.80. The summed E-state index contributed by atoms with van der Waals surface area (Å²) in [5.41, 5.74) is 6.38. The lowest BCUT2D eigenvalue weighted by atomic mass is 9.95. The molecule has 0 unspecified atom stereocenters. The van der Waals surface area contributed by atoms with Gasteiger partial charge in [-0.1, -0.05) is 28.1 Å². The number of carboxylic acids is 1. The van der Waals surface area contributed by atoms with Crippen LogP contribution in [0.15, 0.2) is 34.8 Å². The van der Waals surface area contributed by atoms with Crippen LogP contribution in [0.4, 0.5) is 5.69 Å². The molecular formula is C22H23BrN2O2. The second-order valence-corrected chi connectivity index (χ2v) is 8.12. The van der Waals surface area contributed by atoms with Crippen LogP contribution < -0.4 is 4.90 Å². The average Bonchev–Trinajstić information content (AvgIpc) is 2.66. The van der Waals surface area contributed by atoms with Crippen molar-refractivity contribution in [2.24, 2.45) is 5.92 Å². The molecular weight excluding hydrogens is 404 g/mol. The summed E-state index contributed by atoms with van der Waals surface area (Å²) < 4.78 is 1.10. The normalized spacial score (nSPS) is 14.8. The number of rotatable bonds is 4. The first-order valence-corrected chi connectivity index (χ1v) is 9.94. The van der Waals surface area contributed by atoms with Crippen LogP contribution in [0, 0.1) is 31.1 Å². The van der Waals surface area contributed by atoms with Crippen molar-refractivity contribution < 1.29 is 9.90 Å². The van der Waals surface area contributed by atoms with E-state index in [1.54, 1.807) is 0 Å². The average molecular weight is 427 g/mol. The number of halogens is 1. The van der Waals surface area contributed by atoms with Gasteiger partial charge in [-0.15, -0.1) is 0 Å². The van der Waals surface area contributed by atoms with E-state index in [4.69, 9.17) is 5.11 Å². The molecule has 0 aromatic heterocycles. The van der Waals surface area contributed by atoms with Crippen molar-refractivity contribution in [2.45, 2.75) is 33.1 Å². The fourth-order valence-electron chi connectivity index (χ4n) is 3.70. The highest BCUT2D eigenvalue weighted by atomic mass is 79.9. The van der Waals surface area contributed by atoms with Gasteiger partial charge in [-0.25, -0.2) is 0 Å². The zero-order valence-electron chi connectivity index (χ0n) is 15.6. The molecule has 3 rings (SSSR count). The van der Waals surface area contributed by atoms with Crippen molar-refractivity contribution in [3.8, 4) is 6.07 Å². The summed E-state index contributed by atoms with van der Waals surface area (Å²) in [5, 5.41) is 18.8. The molecule has 1 fully saturated rings. The lowest BCUT2D eigenvalue weighted by molar-refractivity contribution is -0.142. The topological polar surface area (TPSA) is 64.3 Å². The highest BCUT2D eigenvalue weighted by Gasteiger charge is 2.25. The van der Waals surface area contributed by atoms with Gasteiger partial charge >= 0.3 is 5.97 Å². The minimum Gasteiger partial charge on any atom is -0.481 e. The minimum absolute atomic E-state index is 0.269. The summed E-state index contributed by atoms with van der Waals surface area (Å²) in [4.78, 5) is 13.3. The van der Waals surface area contributed by atoms with Gasteiger partial charge in [0.05, 0.1) is 17.2 Å². The van der Waals surface area contributed by atoms with Crippen LogP contribution in [0.5, 0.6) is 0 Å². The van der Waals surface area contributed by atoms with Crippen molar-refractivity contribution in [1.82, 2.24) is 0 Å². The summed E-state index contributed by atoms with van der Waals surface area (Å²) >= 11 is 3.60. The van der Waals surface area contributed by atoms with Crippen LogP contribution in [0.2, 0.25) is 0 Å². The van der Waals surface area contributed by atoms with Crippen LogP contribution in [0.1, 0.15) is 40.7 Å². The van der Waals surface area contributed by atoms with Gasteiger partial charge in [0.15, 0.2) is 0 Å². The molecule has 0 aliphatic carbocycles. The van der Waals surface area contributed by atoms with Gasteiger partial charge in [0.25, 0.3) is 0 Å². The van der Waals surface area contributed by atoms with Crippen LogP contribution in [-0.4, -0.2) is 24.2 Å². The van der Waals surface area contributed by atoms with Gasteiger partial charge in [-0.05, 0) is 73.6 Å². The Labute approximate surface area is 168 Å². The van der Waals surface area contributed by atoms with Crippen LogP contribution in [-0.2, 0) is 11.2 Å². The fraction of sp³-hybridized carbons (Fsp3) is 0.364. The number of benzene rings is 2. The largest absolute Gasteiger partial charge is 0.481 e. The quantitative estimate of drug-likeness (QED) is 0.759. The lowest BCUT2D eigenvalue weighted by Crippen LogP contribution is -2.36. The molecule has 1 N–H and O–H groups in total. The molecule has 1 aliphatic heterocycles. The number of nitriles is 1. The maximum Gasteiger partial charge on any atom is 0.306 e. The van der Waals surface area contributed by atoms with Crippen LogP contribution >= 0.6 is 15.9 Å². The molecule has 0 spiro atoms. The van der Waals surface area contributed by atoms with Gasteiger partial charge in [-0.3, -0.25) is 4.79 Å². The lowest BCUT2D eigenvalue weighted by Gasteiger charge is -2.32. The Morgan fingerprint density at radius 2 is 1.93 bits per heavy atom. The highest BCUT2D eigenvalue weighted by molar-refractivity contribution is 9.10. The number of hydrogen-bond donors (Lipinski definition) is 1. The SMILES string of the molecule is Cc1cc(C)c(Cc2ccc(N3CCC(C(=O)O)CC3)c(C#N)c2)cc1Br. The molecule has 1 aliphatic rings. The molecule has 2 aromatic carbocycles. The number of piperidine rings is 1. The third-order valence-corrected chi connectivity index (χ3v) is 6.23. The van der Waals surface area contributed by atoms with Crippen molar-refractivity contribution >= 4 is 27.6 Å². The fourth-order valence-corrected chi connectivity index (χ4v) is 4.09. The van der Waals surface area contributed by atoms with Crippen molar-refractivity contribution in [2.75, 3.05) is 18.0 Å². The number of carbonyl (C=O) groups is 1. The zero-order chi connectivity index (χ0) is 19.6. The predicted molar refractivity (Wildman–Crippen MR) is 110 cm³/mol. The summed E-state index contributed by atoms with van der Waals surface area (Å²) in [6.07, 6.45) is 2.03. The molecule has 2 aromatic rings. The van der Waals surface area contributed by atoms with Crippen molar-refractivity contribution in [1.29, 1.82) is 5.26 Å². The number of nitrogens with zero attached hydrogens (tertiary/aromatic N) is 2. The van der Waals surface area contributed by atoms with E-state index in [1.165, 1.54) is 16.7 Å². The molecule has 0 radical (unpaired) electrons. The zero-order valence-corrected chi connectivity index (χ0v) is 17.2. The highest BCUT2D eigenvalue weighted by Crippen LogP contribution is 2.29. The van der Waals surface area contributed by atoms with Crippen LogP contribution in [0.25, 0.3) is 0 Å². The molecule has 0 bridgehead atoms. The smallest absolute Gasteiger partial charge is 0.306 e. The maximum absolute atomic E-state index is 11.1. The summed E-state index contributed by atoms with van der Waals surface area (Å²) in [7, 11) is 0. The van der Waals surface area contributed by atoms with Gasteiger partial charge in [0.1, 0.15) is 6.07 Å². The van der Waals surface area contributed by atoms with Gasteiger partial charge < -0.3 is 10.0 Å². The van der Waals surface area contributed by atoms with Gasteiger partial charge in [0, 0.05) is 17.6 Å². The molecule has 140 valence electrons. The van der Waals surface area contributed by atoms with E-state index < -0.39 is 5.97 Å². The molecule has 0 atom stereocenters. The Morgan fingerprint density at radius 3 is 2.56 bits per heavy atom. The second kappa shape index (κ2) is 8.14. The summed E-state index contributed by atoms with van der Waals surface area (Å²) in [6, 6.07) is 12.7. The predicted octanol–water partition coefficient (Wildman–Crippen LogP) is 4.83. The van der Waals surface area contributed by atoms with Crippen molar-refractivity contribution in [3.63, 3.8) is 0 Å². The maximum atomic E-state index is 11.1. The molecule has 0 saturated carbocycles.